The Bertz CT molecular complexity index is 943. The van der Waals surface area contributed by atoms with Gasteiger partial charge in [0.1, 0.15) is 5.75 Å². The van der Waals surface area contributed by atoms with Gasteiger partial charge in [-0.2, -0.15) is 0 Å². The zero-order valence-corrected chi connectivity index (χ0v) is 18.5. The third-order valence-electron chi connectivity index (χ3n) is 4.36. The minimum atomic E-state index is -0.525. The smallest absolute Gasteiger partial charge is 0.258 e. The van der Waals surface area contributed by atoms with Gasteiger partial charge >= 0.3 is 0 Å². The summed E-state index contributed by atoms with van der Waals surface area (Å²) < 4.78 is 7.86. The summed E-state index contributed by atoms with van der Waals surface area (Å²) in [6, 6.07) is 5.41. The summed E-state index contributed by atoms with van der Waals surface area (Å²) in [7, 11) is 0. The zero-order valence-electron chi connectivity index (χ0n) is 17.7. The Morgan fingerprint density at radius 1 is 1.24 bits per heavy atom. The summed E-state index contributed by atoms with van der Waals surface area (Å²) in [4.78, 5) is 24.3. The largest absolute Gasteiger partial charge is 0.491 e. The number of unbranched alkanes of at least 4 members (excludes halogenated alkanes) is 1. The fraction of sp³-hybridized carbons (Fsp3) is 0.455. The maximum atomic E-state index is 13.2. The van der Waals surface area contributed by atoms with Gasteiger partial charge in [0, 0.05) is 24.6 Å². The number of hydrogen-bond donors (Lipinski definition) is 2. The fourth-order valence-corrected chi connectivity index (χ4v) is 3.09. The van der Waals surface area contributed by atoms with Crippen molar-refractivity contribution < 1.29 is 9.53 Å². The zero-order chi connectivity index (χ0) is 20.9. The lowest BCUT2D eigenvalue weighted by molar-refractivity contribution is -0.113. The van der Waals surface area contributed by atoms with E-state index in [0.717, 1.165) is 18.4 Å². The molecule has 0 radical (unpaired) electrons. The van der Waals surface area contributed by atoms with Gasteiger partial charge in [0.25, 0.3) is 5.56 Å². The number of benzene rings is 1. The first-order valence-corrected chi connectivity index (χ1v) is 9.67. The second-order valence-corrected chi connectivity index (χ2v) is 8.17. The number of ether oxygens (including phenoxy) is 1. The fourth-order valence-electron chi connectivity index (χ4n) is 3.09. The Morgan fingerprint density at radius 2 is 1.93 bits per heavy atom. The van der Waals surface area contributed by atoms with Crippen LogP contribution in [0.1, 0.15) is 51.8 Å². The van der Waals surface area contributed by atoms with Crippen molar-refractivity contribution in [3.63, 3.8) is 0 Å². The number of halogens is 1. The standard InChI is InChI=1S/C22H31N3O3.ClH/c1-5-6-11-28-20-17-12-15(8-10-19(24)26)7-9-16(17)21(27)25(18(20)13-23)14-22(2,3)4;/h7-10,12H,5-6,11,13-14,23H2,1-4H3,(H2,24,26);1H. The molecule has 0 atom stereocenters. The van der Waals surface area contributed by atoms with Crippen molar-refractivity contribution in [2.75, 3.05) is 6.61 Å². The molecule has 160 valence electrons. The van der Waals surface area contributed by atoms with E-state index in [1.807, 2.05) is 6.07 Å². The number of carbonyl (C=O) groups excluding carboxylic acids is 1. The number of nitrogens with zero attached hydrogens (tertiary/aromatic N) is 1. The van der Waals surface area contributed by atoms with Crippen LogP contribution >= 0.6 is 12.4 Å². The number of nitrogens with two attached hydrogens (primary N) is 2. The summed E-state index contributed by atoms with van der Waals surface area (Å²) in [5.41, 5.74) is 12.5. The van der Waals surface area contributed by atoms with Crippen molar-refractivity contribution in [2.45, 2.75) is 53.6 Å². The van der Waals surface area contributed by atoms with Crippen LogP contribution in [0.15, 0.2) is 29.1 Å². The average molecular weight is 422 g/mol. The van der Waals surface area contributed by atoms with Gasteiger partial charge < -0.3 is 20.8 Å². The van der Waals surface area contributed by atoms with Crippen LogP contribution in [-0.2, 0) is 17.9 Å². The van der Waals surface area contributed by atoms with Gasteiger partial charge in [0.15, 0.2) is 0 Å². The second kappa shape index (κ2) is 10.5. The third kappa shape index (κ3) is 6.34. The quantitative estimate of drug-likeness (QED) is 0.502. The van der Waals surface area contributed by atoms with E-state index in [0.29, 0.717) is 35.4 Å². The van der Waals surface area contributed by atoms with Crippen molar-refractivity contribution in [1.29, 1.82) is 0 Å². The van der Waals surface area contributed by atoms with E-state index in [2.05, 4.69) is 27.7 Å². The van der Waals surface area contributed by atoms with Crippen LogP contribution in [0.2, 0.25) is 0 Å². The predicted octanol–water partition coefficient (Wildman–Crippen LogP) is 3.61. The van der Waals surface area contributed by atoms with Gasteiger partial charge in [0.05, 0.1) is 17.7 Å². The highest BCUT2D eigenvalue weighted by molar-refractivity contribution is 5.93. The lowest BCUT2D eigenvalue weighted by Crippen LogP contribution is -2.31. The molecular weight excluding hydrogens is 390 g/mol. The third-order valence-corrected chi connectivity index (χ3v) is 4.36. The summed E-state index contributed by atoms with van der Waals surface area (Å²) in [5, 5.41) is 1.28. The summed E-state index contributed by atoms with van der Waals surface area (Å²) in [5.74, 6) is 0.117. The van der Waals surface area contributed by atoms with E-state index in [1.165, 1.54) is 6.08 Å². The minimum absolute atomic E-state index is 0. The molecule has 7 heteroatoms. The highest BCUT2D eigenvalue weighted by Crippen LogP contribution is 2.31. The summed E-state index contributed by atoms with van der Waals surface area (Å²) >= 11 is 0. The molecular formula is C22H32ClN3O3. The molecule has 6 nitrogen and oxygen atoms in total. The predicted molar refractivity (Wildman–Crippen MR) is 121 cm³/mol. The molecule has 0 unspecified atom stereocenters. The average Bonchev–Trinajstić information content (AvgIpc) is 2.62. The van der Waals surface area contributed by atoms with Crippen LogP contribution in [0, 0.1) is 5.41 Å². The minimum Gasteiger partial charge on any atom is -0.491 e. The molecule has 1 heterocycles. The van der Waals surface area contributed by atoms with Crippen LogP contribution in [0.25, 0.3) is 16.8 Å². The molecule has 29 heavy (non-hydrogen) atoms. The number of rotatable bonds is 8. The number of hydrogen-bond acceptors (Lipinski definition) is 4. The number of fused-ring (bicyclic) bond motifs is 1. The lowest BCUT2D eigenvalue weighted by atomic mass is 9.96. The van der Waals surface area contributed by atoms with Gasteiger partial charge in [0.2, 0.25) is 5.91 Å². The Morgan fingerprint density at radius 3 is 2.48 bits per heavy atom. The topological polar surface area (TPSA) is 100 Å². The normalized spacial score (nSPS) is 11.6. The lowest BCUT2D eigenvalue weighted by Gasteiger charge is -2.25. The van der Waals surface area contributed by atoms with Crippen LogP contribution in [-0.4, -0.2) is 17.1 Å². The molecule has 0 bridgehead atoms. The van der Waals surface area contributed by atoms with E-state index in [1.54, 1.807) is 22.8 Å². The summed E-state index contributed by atoms with van der Waals surface area (Å²) in [6.45, 7) is 9.63. The van der Waals surface area contributed by atoms with Crippen molar-refractivity contribution in [1.82, 2.24) is 4.57 Å². The Labute approximate surface area is 178 Å². The monoisotopic (exact) mass is 421 g/mol. The molecule has 0 spiro atoms. The molecule has 1 aromatic heterocycles. The second-order valence-electron chi connectivity index (χ2n) is 8.17. The molecule has 0 fully saturated rings. The van der Waals surface area contributed by atoms with E-state index < -0.39 is 5.91 Å². The first-order chi connectivity index (χ1) is 13.2. The van der Waals surface area contributed by atoms with Crippen LogP contribution in [0.4, 0.5) is 0 Å². The number of primary amides is 1. The van der Waals surface area contributed by atoms with Crippen LogP contribution in [0.5, 0.6) is 5.75 Å². The molecule has 0 aliphatic carbocycles. The van der Waals surface area contributed by atoms with Gasteiger partial charge in [-0.15, -0.1) is 12.4 Å². The van der Waals surface area contributed by atoms with Gasteiger partial charge in [-0.05, 0) is 35.6 Å². The Hall–Kier alpha value is -2.31. The number of aromatic nitrogens is 1. The molecule has 0 saturated carbocycles. The van der Waals surface area contributed by atoms with E-state index in [9.17, 15) is 9.59 Å². The molecule has 0 aliphatic rings. The van der Waals surface area contributed by atoms with Crippen LogP contribution in [0.3, 0.4) is 0 Å². The van der Waals surface area contributed by atoms with Gasteiger partial charge in [-0.25, -0.2) is 0 Å². The van der Waals surface area contributed by atoms with Crippen LogP contribution < -0.4 is 21.8 Å². The number of pyridine rings is 1. The molecule has 1 aromatic carbocycles. The molecule has 1 amide bonds. The number of amides is 1. The van der Waals surface area contributed by atoms with Crippen molar-refractivity contribution >= 4 is 35.2 Å². The van der Waals surface area contributed by atoms with Gasteiger partial charge in [-0.3, -0.25) is 9.59 Å². The van der Waals surface area contributed by atoms with E-state index >= 15 is 0 Å². The first kappa shape index (κ1) is 24.7. The van der Waals surface area contributed by atoms with Crippen molar-refractivity contribution in [2.24, 2.45) is 16.9 Å². The number of carbonyl (C=O) groups is 1. The van der Waals surface area contributed by atoms with E-state index in [-0.39, 0.29) is 29.9 Å². The molecule has 4 N–H and O–H groups in total. The van der Waals surface area contributed by atoms with Crippen molar-refractivity contribution in [3.8, 4) is 5.75 Å². The maximum Gasteiger partial charge on any atom is 0.258 e. The SMILES string of the molecule is CCCCOc1c(CN)n(CC(C)(C)C)c(=O)c2ccc(C=CC(N)=O)cc12.Cl. The Kier molecular flexibility index (Phi) is 8.92. The van der Waals surface area contributed by atoms with Crippen molar-refractivity contribution in [3.05, 3.63) is 45.9 Å². The molecule has 2 aromatic rings. The molecule has 2 rings (SSSR count). The highest BCUT2D eigenvalue weighted by atomic mass is 35.5. The first-order valence-electron chi connectivity index (χ1n) is 9.67. The highest BCUT2D eigenvalue weighted by Gasteiger charge is 2.21. The van der Waals surface area contributed by atoms with E-state index in [4.69, 9.17) is 16.2 Å². The summed E-state index contributed by atoms with van der Waals surface area (Å²) in [6.07, 6.45) is 4.83. The Balaban J connectivity index is 0.00000420. The maximum absolute atomic E-state index is 13.2. The molecule has 0 saturated heterocycles. The van der Waals surface area contributed by atoms with Gasteiger partial charge in [-0.1, -0.05) is 40.2 Å². The molecule has 0 aliphatic heterocycles.